The van der Waals surface area contributed by atoms with E-state index in [9.17, 15) is 28.6 Å². The van der Waals surface area contributed by atoms with Crippen LogP contribution in [0.2, 0.25) is 0 Å². The Labute approximate surface area is 217 Å². The molecule has 0 atom stereocenters. The van der Waals surface area contributed by atoms with E-state index in [1.54, 1.807) is 36.4 Å². The first kappa shape index (κ1) is 25.2. The molecule has 5 rings (SSSR count). The summed E-state index contributed by atoms with van der Waals surface area (Å²) < 4.78 is 29.7. The number of aromatic hydroxyl groups is 2. The summed E-state index contributed by atoms with van der Waals surface area (Å²) in [6.07, 6.45) is 2.94. The Morgan fingerprint density at radius 1 is 0.718 bits per heavy atom. The van der Waals surface area contributed by atoms with E-state index >= 15 is 0 Å². The molecular weight excluding hydrogens is 514 g/mol. The molecule has 0 aliphatic carbocycles. The highest BCUT2D eigenvalue weighted by molar-refractivity contribution is 5.56. The highest BCUT2D eigenvalue weighted by atomic mass is 19.3. The van der Waals surface area contributed by atoms with Gasteiger partial charge in [0.15, 0.2) is 11.6 Å². The molecule has 0 bridgehead atoms. The second-order valence-corrected chi connectivity index (χ2v) is 8.11. The molecule has 0 spiro atoms. The maximum absolute atomic E-state index is 13.3. The van der Waals surface area contributed by atoms with Crippen molar-refractivity contribution < 1.29 is 23.7 Å². The van der Waals surface area contributed by atoms with Crippen molar-refractivity contribution >= 4 is 0 Å². The summed E-state index contributed by atoms with van der Waals surface area (Å²) >= 11 is 0. The zero-order chi connectivity index (χ0) is 27.5. The smallest absolute Gasteiger partial charge is 0.387 e. The number of nitrogens with one attached hydrogen (secondary N) is 2. The number of H-pyrrole nitrogens is 2. The third-order valence-electron chi connectivity index (χ3n) is 5.70. The first-order valence-electron chi connectivity index (χ1n) is 11.4. The molecule has 1 aromatic carbocycles. The quantitative estimate of drug-likeness (QED) is 0.246. The molecule has 0 saturated carbocycles. The molecule has 0 amide bonds. The van der Waals surface area contributed by atoms with E-state index in [2.05, 4.69) is 34.6 Å². The fraction of sp³-hybridized carbons (Fsp3) is 0.0769. The molecule has 0 radical (unpaired) electrons. The van der Waals surface area contributed by atoms with E-state index < -0.39 is 46.5 Å². The van der Waals surface area contributed by atoms with Crippen LogP contribution in [0.3, 0.4) is 0 Å². The lowest BCUT2D eigenvalue weighted by molar-refractivity contribution is -0.0498. The highest BCUT2D eigenvalue weighted by Gasteiger charge is 2.31. The van der Waals surface area contributed by atoms with Gasteiger partial charge in [0.05, 0.1) is 17.0 Å². The van der Waals surface area contributed by atoms with Crippen LogP contribution in [0, 0.1) is 0 Å². The summed E-state index contributed by atoms with van der Waals surface area (Å²) in [5.41, 5.74) is -1.77. The number of rotatable bonds is 7. The zero-order valence-corrected chi connectivity index (χ0v) is 19.7. The van der Waals surface area contributed by atoms with E-state index in [4.69, 9.17) is 0 Å². The number of aromatic nitrogens is 6. The van der Waals surface area contributed by atoms with Gasteiger partial charge < -0.3 is 24.9 Å². The van der Waals surface area contributed by atoms with Crippen molar-refractivity contribution in [2.24, 2.45) is 0 Å². The second kappa shape index (κ2) is 10.5. The number of halogens is 2. The fourth-order valence-corrected chi connectivity index (χ4v) is 4.03. The number of hydrogen-bond donors (Lipinski definition) is 4. The molecule has 39 heavy (non-hydrogen) atoms. The molecule has 4 N–H and O–H groups in total. The molecule has 0 fully saturated rings. The molecule has 0 aliphatic rings. The van der Waals surface area contributed by atoms with E-state index in [0.717, 1.165) is 0 Å². The van der Waals surface area contributed by atoms with Gasteiger partial charge in [-0.05, 0) is 42.0 Å². The maximum Gasteiger partial charge on any atom is 0.387 e. The predicted octanol–water partition coefficient (Wildman–Crippen LogP) is 3.17. The number of benzene rings is 1. The number of hydrogen-bond acceptors (Lipinski definition) is 9. The second-order valence-electron chi connectivity index (χ2n) is 8.11. The Bertz CT molecular complexity index is 1630. The standard InChI is InChI=1S/C26H18F2N6O5/c27-26(28)39-14-9-7-13(8-10-14)17(18-22(35)31-20(32-23(18)36)15-5-1-3-11-29-15)19-24(37)33-21(34-25(19)38)16-6-2-4-12-30-16/h1-12,17,26H,(H2,31,32,35,36)(H2,33,34,37,38). The summed E-state index contributed by atoms with van der Waals surface area (Å²) in [4.78, 5) is 48.0. The van der Waals surface area contributed by atoms with Crippen molar-refractivity contribution in [3.63, 3.8) is 0 Å². The van der Waals surface area contributed by atoms with Gasteiger partial charge in [0.2, 0.25) is 11.8 Å². The van der Waals surface area contributed by atoms with Crippen molar-refractivity contribution in [2.45, 2.75) is 12.5 Å². The van der Waals surface area contributed by atoms with E-state index in [-0.39, 0.29) is 34.3 Å². The van der Waals surface area contributed by atoms with Crippen LogP contribution in [-0.4, -0.2) is 46.7 Å². The van der Waals surface area contributed by atoms with Crippen LogP contribution in [0.1, 0.15) is 22.6 Å². The Morgan fingerprint density at radius 3 is 1.59 bits per heavy atom. The summed E-state index contributed by atoms with van der Waals surface area (Å²) in [7, 11) is 0. The van der Waals surface area contributed by atoms with Crippen LogP contribution in [0.5, 0.6) is 17.5 Å². The van der Waals surface area contributed by atoms with Gasteiger partial charge in [-0.15, -0.1) is 0 Å². The summed E-state index contributed by atoms with van der Waals surface area (Å²) in [5, 5.41) is 21.8. The average Bonchev–Trinajstić information content (AvgIpc) is 2.92. The minimum absolute atomic E-state index is 0.0389. The van der Waals surface area contributed by atoms with Crippen molar-refractivity contribution in [3.05, 3.63) is 110 Å². The van der Waals surface area contributed by atoms with E-state index in [1.807, 2.05) is 0 Å². The van der Waals surface area contributed by atoms with Crippen molar-refractivity contribution in [3.8, 4) is 40.5 Å². The molecule has 13 heteroatoms. The molecule has 0 saturated heterocycles. The topological polar surface area (TPSA) is 167 Å². The minimum Gasteiger partial charge on any atom is -0.493 e. The van der Waals surface area contributed by atoms with Crippen LogP contribution in [0.4, 0.5) is 8.78 Å². The van der Waals surface area contributed by atoms with Gasteiger partial charge in [0, 0.05) is 12.4 Å². The van der Waals surface area contributed by atoms with Crippen molar-refractivity contribution in [1.29, 1.82) is 0 Å². The third kappa shape index (κ3) is 5.18. The lowest BCUT2D eigenvalue weighted by Gasteiger charge is -2.19. The monoisotopic (exact) mass is 532 g/mol. The summed E-state index contributed by atoms with van der Waals surface area (Å²) in [6, 6.07) is 14.7. The maximum atomic E-state index is 13.3. The normalized spacial score (nSPS) is 11.2. The van der Waals surface area contributed by atoms with Crippen LogP contribution in [0.25, 0.3) is 23.0 Å². The molecular formula is C26H18F2N6O5. The predicted molar refractivity (Wildman–Crippen MR) is 134 cm³/mol. The van der Waals surface area contributed by atoms with Crippen LogP contribution in [-0.2, 0) is 0 Å². The largest absolute Gasteiger partial charge is 0.493 e. The lowest BCUT2D eigenvalue weighted by atomic mass is 9.86. The molecule has 0 aliphatic heterocycles. The first-order valence-corrected chi connectivity index (χ1v) is 11.4. The number of aromatic amines is 2. The lowest BCUT2D eigenvalue weighted by Crippen LogP contribution is -2.26. The number of alkyl halides is 2. The van der Waals surface area contributed by atoms with Gasteiger partial charge in [0.25, 0.3) is 11.1 Å². The summed E-state index contributed by atoms with van der Waals surface area (Å²) in [5.74, 6) is -3.18. The van der Waals surface area contributed by atoms with Crippen LogP contribution in [0.15, 0.2) is 82.6 Å². The fourth-order valence-electron chi connectivity index (χ4n) is 4.03. The molecule has 5 aromatic rings. The zero-order valence-electron chi connectivity index (χ0n) is 19.7. The number of nitrogens with zero attached hydrogens (tertiary/aromatic N) is 4. The molecule has 0 unspecified atom stereocenters. The first-order chi connectivity index (χ1) is 18.8. The van der Waals surface area contributed by atoms with Crippen molar-refractivity contribution in [2.75, 3.05) is 0 Å². The molecule has 196 valence electrons. The number of ether oxygens (including phenoxy) is 1. The van der Waals surface area contributed by atoms with E-state index in [0.29, 0.717) is 0 Å². The Kier molecular flexibility index (Phi) is 6.78. The SMILES string of the molecule is O=c1[nH]c(-c2ccccn2)nc(O)c1C(c1ccc(OC(F)F)cc1)c1c(O)nc(-c2ccccn2)[nH]c1=O. The van der Waals surface area contributed by atoms with Gasteiger partial charge in [-0.25, -0.2) is 0 Å². The van der Waals surface area contributed by atoms with Crippen LogP contribution >= 0.6 is 0 Å². The average molecular weight is 532 g/mol. The van der Waals surface area contributed by atoms with Gasteiger partial charge in [-0.2, -0.15) is 18.7 Å². The van der Waals surface area contributed by atoms with Crippen LogP contribution < -0.4 is 15.9 Å². The highest BCUT2D eigenvalue weighted by Crippen LogP contribution is 2.37. The molecule has 11 nitrogen and oxygen atoms in total. The van der Waals surface area contributed by atoms with Gasteiger partial charge >= 0.3 is 6.61 Å². The molecule has 4 aromatic heterocycles. The van der Waals surface area contributed by atoms with Gasteiger partial charge in [-0.3, -0.25) is 19.6 Å². The van der Waals surface area contributed by atoms with E-state index in [1.165, 1.54) is 36.7 Å². The van der Waals surface area contributed by atoms with Gasteiger partial charge in [-0.1, -0.05) is 24.3 Å². The molecule has 4 heterocycles. The summed E-state index contributed by atoms with van der Waals surface area (Å²) in [6.45, 7) is -3.07. The number of pyridine rings is 2. The minimum atomic E-state index is -3.07. The Balaban J connectivity index is 1.70. The Morgan fingerprint density at radius 2 is 1.21 bits per heavy atom. The third-order valence-corrected chi connectivity index (χ3v) is 5.70. The Hall–Kier alpha value is -5.46. The van der Waals surface area contributed by atoms with Crippen molar-refractivity contribution in [1.82, 2.24) is 29.9 Å². The van der Waals surface area contributed by atoms with Gasteiger partial charge in [0.1, 0.15) is 17.1 Å².